The molecule has 0 amide bonds. The van der Waals surface area contributed by atoms with Crippen molar-refractivity contribution in [1.29, 1.82) is 0 Å². The van der Waals surface area contributed by atoms with E-state index in [1.54, 1.807) is 0 Å². The van der Waals surface area contributed by atoms with Crippen LogP contribution in [-0.4, -0.2) is 11.6 Å². The number of aromatic nitrogens is 1. The Balaban J connectivity index is 2.19. The molecule has 1 heterocycles. The Morgan fingerprint density at radius 2 is 1.95 bits per heavy atom. The number of rotatable bonds is 6. The molecule has 20 heavy (non-hydrogen) atoms. The van der Waals surface area contributed by atoms with Crippen LogP contribution < -0.4 is 16.0 Å². The highest BCUT2D eigenvalue weighted by molar-refractivity contribution is 5.35. The number of nitrogens with one attached hydrogen (secondary N) is 1. The lowest BCUT2D eigenvalue weighted by Gasteiger charge is -2.17. The third-order valence-electron chi connectivity index (χ3n) is 3.08. The van der Waals surface area contributed by atoms with E-state index in [0.717, 1.165) is 35.5 Å². The lowest BCUT2D eigenvalue weighted by atomic mass is 10.00. The van der Waals surface area contributed by atoms with Crippen molar-refractivity contribution in [2.75, 3.05) is 6.61 Å². The summed E-state index contributed by atoms with van der Waals surface area (Å²) in [5.74, 6) is 6.58. The van der Waals surface area contributed by atoms with Crippen LogP contribution in [0, 0.1) is 6.92 Å². The SMILES string of the molecule is CCCOc1ccc(C(NN)c2cncc(C)c2)cc1. The number of ether oxygens (including phenoxy) is 1. The minimum atomic E-state index is -0.0670. The quantitative estimate of drug-likeness (QED) is 0.626. The van der Waals surface area contributed by atoms with Crippen LogP contribution in [0.2, 0.25) is 0 Å². The van der Waals surface area contributed by atoms with E-state index in [0.29, 0.717) is 0 Å². The van der Waals surface area contributed by atoms with Crippen molar-refractivity contribution in [3.05, 3.63) is 59.4 Å². The maximum Gasteiger partial charge on any atom is 0.119 e. The third-order valence-corrected chi connectivity index (χ3v) is 3.08. The van der Waals surface area contributed by atoms with Gasteiger partial charge in [-0.05, 0) is 42.2 Å². The summed E-state index contributed by atoms with van der Waals surface area (Å²) in [4.78, 5) is 4.22. The monoisotopic (exact) mass is 271 g/mol. The van der Waals surface area contributed by atoms with E-state index in [1.165, 1.54) is 0 Å². The first-order valence-corrected chi connectivity index (χ1v) is 6.85. The minimum absolute atomic E-state index is 0.0670. The predicted octanol–water partition coefficient (Wildman–Crippen LogP) is 2.73. The van der Waals surface area contributed by atoms with Crippen LogP contribution in [0.3, 0.4) is 0 Å². The van der Waals surface area contributed by atoms with Gasteiger partial charge in [-0.3, -0.25) is 10.8 Å². The van der Waals surface area contributed by atoms with E-state index in [-0.39, 0.29) is 6.04 Å². The van der Waals surface area contributed by atoms with Crippen molar-refractivity contribution in [2.45, 2.75) is 26.3 Å². The van der Waals surface area contributed by atoms with Crippen LogP contribution in [0.4, 0.5) is 0 Å². The molecule has 0 spiro atoms. The Kier molecular flexibility index (Phi) is 5.09. The molecule has 2 rings (SSSR count). The summed E-state index contributed by atoms with van der Waals surface area (Å²) in [6.45, 7) is 4.85. The first-order valence-electron chi connectivity index (χ1n) is 6.85. The molecule has 0 saturated carbocycles. The van der Waals surface area contributed by atoms with Gasteiger partial charge < -0.3 is 4.74 Å². The van der Waals surface area contributed by atoms with Gasteiger partial charge in [0.05, 0.1) is 12.6 Å². The van der Waals surface area contributed by atoms with Crippen LogP contribution in [0.15, 0.2) is 42.7 Å². The molecular weight excluding hydrogens is 250 g/mol. The van der Waals surface area contributed by atoms with Gasteiger partial charge in [-0.25, -0.2) is 5.43 Å². The van der Waals surface area contributed by atoms with Gasteiger partial charge in [0.15, 0.2) is 0 Å². The zero-order valence-electron chi connectivity index (χ0n) is 12.0. The van der Waals surface area contributed by atoms with E-state index in [4.69, 9.17) is 10.6 Å². The second kappa shape index (κ2) is 7.03. The van der Waals surface area contributed by atoms with Crippen molar-refractivity contribution in [1.82, 2.24) is 10.4 Å². The molecule has 0 aliphatic heterocycles. The standard InChI is InChI=1S/C16H21N3O/c1-3-8-20-15-6-4-13(5-7-15)16(19-17)14-9-12(2)10-18-11-14/h4-7,9-11,16,19H,3,8,17H2,1-2H3. The zero-order valence-corrected chi connectivity index (χ0v) is 12.0. The molecule has 106 valence electrons. The maximum absolute atomic E-state index is 5.70. The first-order chi connectivity index (χ1) is 9.74. The van der Waals surface area contributed by atoms with Gasteiger partial charge in [0.1, 0.15) is 5.75 Å². The average Bonchev–Trinajstić information content (AvgIpc) is 2.47. The lowest BCUT2D eigenvalue weighted by molar-refractivity contribution is 0.317. The molecule has 1 unspecified atom stereocenters. The van der Waals surface area contributed by atoms with Crippen LogP contribution in [0.5, 0.6) is 5.75 Å². The summed E-state index contributed by atoms with van der Waals surface area (Å²) in [6.07, 6.45) is 4.67. The molecule has 2 aromatic rings. The molecule has 1 aromatic carbocycles. The Hall–Kier alpha value is -1.91. The second-order valence-corrected chi connectivity index (χ2v) is 4.81. The van der Waals surface area contributed by atoms with Gasteiger partial charge in [-0.2, -0.15) is 0 Å². The summed E-state index contributed by atoms with van der Waals surface area (Å²) in [5, 5.41) is 0. The Bertz CT molecular complexity index is 540. The summed E-state index contributed by atoms with van der Waals surface area (Å²) >= 11 is 0. The first kappa shape index (κ1) is 14.5. The largest absolute Gasteiger partial charge is 0.494 e. The third kappa shape index (κ3) is 3.56. The minimum Gasteiger partial charge on any atom is -0.494 e. The van der Waals surface area contributed by atoms with Gasteiger partial charge in [0, 0.05) is 12.4 Å². The molecule has 3 N–H and O–H groups in total. The maximum atomic E-state index is 5.70. The topological polar surface area (TPSA) is 60.2 Å². The van der Waals surface area contributed by atoms with Crippen LogP contribution >= 0.6 is 0 Å². The molecule has 0 radical (unpaired) electrons. The van der Waals surface area contributed by atoms with E-state index >= 15 is 0 Å². The zero-order chi connectivity index (χ0) is 14.4. The molecule has 4 heteroatoms. The van der Waals surface area contributed by atoms with Crippen molar-refractivity contribution < 1.29 is 4.74 Å². The molecule has 0 saturated heterocycles. The summed E-state index contributed by atoms with van der Waals surface area (Å²) in [6, 6.07) is 10.0. The number of hydrazine groups is 1. The van der Waals surface area contributed by atoms with Gasteiger partial charge in [0.2, 0.25) is 0 Å². The Labute approximate surface area is 120 Å². The number of aryl methyl sites for hydroxylation is 1. The van der Waals surface area contributed by atoms with Crippen molar-refractivity contribution in [3.8, 4) is 5.75 Å². The molecule has 0 aliphatic carbocycles. The van der Waals surface area contributed by atoms with Gasteiger partial charge >= 0.3 is 0 Å². The van der Waals surface area contributed by atoms with Crippen molar-refractivity contribution in [2.24, 2.45) is 5.84 Å². The average molecular weight is 271 g/mol. The van der Waals surface area contributed by atoms with E-state index in [9.17, 15) is 0 Å². The predicted molar refractivity (Wildman–Crippen MR) is 80.4 cm³/mol. The van der Waals surface area contributed by atoms with Crippen molar-refractivity contribution in [3.63, 3.8) is 0 Å². The van der Waals surface area contributed by atoms with E-state index in [2.05, 4.69) is 23.4 Å². The Morgan fingerprint density at radius 1 is 1.20 bits per heavy atom. The van der Waals surface area contributed by atoms with Gasteiger partial charge in [-0.1, -0.05) is 25.1 Å². The number of benzene rings is 1. The number of hydrogen-bond acceptors (Lipinski definition) is 4. The molecule has 1 aromatic heterocycles. The number of nitrogens with zero attached hydrogens (tertiary/aromatic N) is 1. The summed E-state index contributed by atoms with van der Waals surface area (Å²) in [7, 11) is 0. The van der Waals surface area contributed by atoms with E-state index in [1.807, 2.05) is 43.6 Å². The molecule has 4 nitrogen and oxygen atoms in total. The number of nitrogens with two attached hydrogens (primary N) is 1. The van der Waals surface area contributed by atoms with E-state index < -0.39 is 0 Å². The normalized spacial score (nSPS) is 12.2. The van der Waals surface area contributed by atoms with Crippen LogP contribution in [-0.2, 0) is 0 Å². The fourth-order valence-corrected chi connectivity index (χ4v) is 2.10. The Morgan fingerprint density at radius 3 is 2.55 bits per heavy atom. The van der Waals surface area contributed by atoms with Crippen molar-refractivity contribution >= 4 is 0 Å². The smallest absolute Gasteiger partial charge is 0.119 e. The fourth-order valence-electron chi connectivity index (χ4n) is 2.10. The summed E-state index contributed by atoms with van der Waals surface area (Å²) < 4.78 is 5.58. The molecule has 0 aliphatic rings. The summed E-state index contributed by atoms with van der Waals surface area (Å²) in [5.41, 5.74) is 6.10. The number of pyridine rings is 1. The fraction of sp³-hybridized carbons (Fsp3) is 0.312. The molecule has 1 atom stereocenters. The molecule has 0 fully saturated rings. The number of hydrogen-bond donors (Lipinski definition) is 2. The highest BCUT2D eigenvalue weighted by Crippen LogP contribution is 2.23. The van der Waals surface area contributed by atoms with Crippen LogP contribution in [0.25, 0.3) is 0 Å². The highest BCUT2D eigenvalue weighted by Gasteiger charge is 2.12. The van der Waals surface area contributed by atoms with Gasteiger partial charge in [0.25, 0.3) is 0 Å². The van der Waals surface area contributed by atoms with Crippen LogP contribution in [0.1, 0.15) is 36.1 Å². The lowest BCUT2D eigenvalue weighted by Crippen LogP contribution is -2.28. The molecular formula is C16H21N3O. The highest BCUT2D eigenvalue weighted by atomic mass is 16.5. The van der Waals surface area contributed by atoms with Gasteiger partial charge in [-0.15, -0.1) is 0 Å². The second-order valence-electron chi connectivity index (χ2n) is 4.81. The molecule has 0 bridgehead atoms.